The lowest BCUT2D eigenvalue weighted by atomic mass is 10.0. The van der Waals surface area contributed by atoms with Gasteiger partial charge in [0.05, 0.1) is 13.5 Å². The second kappa shape index (κ2) is 21.2. The third-order valence-electron chi connectivity index (χ3n) is 5.22. The van der Waals surface area contributed by atoms with Crippen molar-refractivity contribution in [3.8, 4) is 5.75 Å². The van der Waals surface area contributed by atoms with Crippen LogP contribution in [-0.2, 0) is 28.9 Å². The first kappa shape index (κ1) is 37.3. The molecule has 0 aliphatic heterocycles. The Morgan fingerprint density at radius 2 is 1.62 bits per heavy atom. The summed E-state index contributed by atoms with van der Waals surface area (Å²) in [6.45, 7) is 12.2. The van der Waals surface area contributed by atoms with Gasteiger partial charge in [-0.2, -0.15) is 13.2 Å². The number of fused-ring (bicyclic) bond motifs is 1. The van der Waals surface area contributed by atoms with E-state index >= 15 is 0 Å². The topological polar surface area (TPSA) is 89.6 Å². The number of alkyl halides is 3. The first-order valence-electron chi connectivity index (χ1n) is 12.6. The SMILES string of the molecule is C/C=C(\C)c1cc(CC(=O)O)ccc1OC.C=C(/C=C/C)C(F)(F)F.CC.NC=O.c1ccc2c(c1)CCC2. The van der Waals surface area contributed by atoms with Gasteiger partial charge >= 0.3 is 12.1 Å². The van der Waals surface area contributed by atoms with E-state index in [-0.39, 0.29) is 12.8 Å². The van der Waals surface area contributed by atoms with Gasteiger partial charge in [-0.05, 0) is 74.4 Å². The number of carbonyl (C=O) groups excluding carboxylic acids is 1. The molecule has 216 valence electrons. The van der Waals surface area contributed by atoms with E-state index in [1.807, 2.05) is 39.8 Å². The smallest absolute Gasteiger partial charge is 0.415 e. The number of carboxylic acids is 1. The van der Waals surface area contributed by atoms with E-state index in [0.29, 0.717) is 0 Å². The maximum Gasteiger partial charge on any atom is 0.415 e. The molecule has 0 radical (unpaired) electrons. The summed E-state index contributed by atoms with van der Waals surface area (Å²) in [5.41, 5.74) is 9.29. The molecule has 8 heteroatoms. The molecule has 5 nitrogen and oxygen atoms in total. The predicted octanol–water partition coefficient (Wildman–Crippen LogP) is 7.73. The first-order valence-corrected chi connectivity index (χ1v) is 12.6. The summed E-state index contributed by atoms with van der Waals surface area (Å²) in [7, 11) is 1.61. The molecule has 2 aromatic rings. The number of primary amides is 1. The lowest BCUT2D eigenvalue weighted by Gasteiger charge is -2.10. The van der Waals surface area contributed by atoms with Crippen LogP contribution in [0.25, 0.3) is 5.57 Å². The number of aryl methyl sites for hydroxylation is 2. The quantitative estimate of drug-likeness (QED) is 0.295. The molecule has 0 saturated carbocycles. The lowest BCUT2D eigenvalue weighted by molar-refractivity contribution is -0.136. The second-order valence-electron chi connectivity index (χ2n) is 7.86. The molecule has 1 aliphatic carbocycles. The number of ether oxygens (including phenoxy) is 1. The molecule has 2 aromatic carbocycles. The van der Waals surface area contributed by atoms with Crippen molar-refractivity contribution in [2.24, 2.45) is 5.73 Å². The molecule has 0 saturated heterocycles. The van der Waals surface area contributed by atoms with Crippen molar-refractivity contribution in [2.45, 2.75) is 66.5 Å². The summed E-state index contributed by atoms with van der Waals surface area (Å²) in [4.78, 5) is 19.2. The highest BCUT2D eigenvalue weighted by Gasteiger charge is 2.29. The molecule has 1 amide bonds. The molecule has 0 heterocycles. The van der Waals surface area contributed by atoms with E-state index in [1.165, 1.54) is 32.3 Å². The van der Waals surface area contributed by atoms with Gasteiger partial charge in [-0.1, -0.05) is 69.0 Å². The fourth-order valence-corrected chi connectivity index (χ4v) is 3.31. The molecule has 3 N–H and O–H groups in total. The molecule has 0 bridgehead atoms. The van der Waals surface area contributed by atoms with E-state index in [1.54, 1.807) is 30.4 Å². The fourth-order valence-electron chi connectivity index (χ4n) is 3.31. The molecule has 39 heavy (non-hydrogen) atoms. The van der Waals surface area contributed by atoms with Crippen molar-refractivity contribution >= 4 is 18.0 Å². The Bertz CT molecular complexity index is 1050. The van der Waals surface area contributed by atoms with Gasteiger partial charge in [-0.3, -0.25) is 9.59 Å². The molecule has 3 rings (SSSR count). The summed E-state index contributed by atoms with van der Waals surface area (Å²) < 4.78 is 39.7. The van der Waals surface area contributed by atoms with Crippen LogP contribution in [0.1, 0.15) is 63.3 Å². The highest BCUT2D eigenvalue weighted by Crippen LogP contribution is 2.27. The van der Waals surface area contributed by atoms with Gasteiger partial charge in [0.25, 0.3) is 0 Å². The zero-order valence-electron chi connectivity index (χ0n) is 23.8. The molecule has 0 fully saturated rings. The third kappa shape index (κ3) is 15.9. The number of hydrogen-bond donors (Lipinski definition) is 2. The molecule has 1 aliphatic rings. The fraction of sp³-hybridized carbons (Fsp3) is 0.355. The number of hydrogen-bond acceptors (Lipinski definition) is 3. The van der Waals surface area contributed by atoms with Crippen molar-refractivity contribution < 1.29 is 32.6 Å². The Kier molecular flexibility index (Phi) is 20.3. The van der Waals surface area contributed by atoms with Gasteiger partial charge in [-0.15, -0.1) is 0 Å². The van der Waals surface area contributed by atoms with Crippen LogP contribution in [-0.4, -0.2) is 30.8 Å². The largest absolute Gasteiger partial charge is 0.496 e. The second-order valence-corrected chi connectivity index (χ2v) is 7.86. The molecule has 0 atom stereocenters. The average molecular weight is 550 g/mol. The summed E-state index contributed by atoms with van der Waals surface area (Å²) in [5, 5.41) is 8.73. The Morgan fingerprint density at radius 3 is 1.97 bits per heavy atom. The van der Waals surface area contributed by atoms with Gasteiger partial charge in [0.2, 0.25) is 6.41 Å². The van der Waals surface area contributed by atoms with E-state index < -0.39 is 17.7 Å². The number of halogens is 3. The van der Waals surface area contributed by atoms with Crippen LogP contribution in [0.2, 0.25) is 0 Å². The normalized spacial score (nSPS) is 11.6. The maximum absolute atomic E-state index is 11.5. The van der Waals surface area contributed by atoms with Crippen LogP contribution in [0.5, 0.6) is 5.75 Å². The number of carboxylic acid groups (broad SMARTS) is 1. The molecular formula is C31H42F3NO4. The number of allylic oxidation sites excluding steroid dienone is 5. The Hall–Kier alpha value is -3.81. The molecular weight excluding hydrogens is 507 g/mol. The highest BCUT2D eigenvalue weighted by molar-refractivity contribution is 5.73. The van der Waals surface area contributed by atoms with Gasteiger partial charge in [0.15, 0.2) is 0 Å². The number of amides is 1. The zero-order valence-corrected chi connectivity index (χ0v) is 23.8. The van der Waals surface area contributed by atoms with Gasteiger partial charge < -0.3 is 15.6 Å². The highest BCUT2D eigenvalue weighted by atomic mass is 19.4. The number of aliphatic carboxylic acids is 1. The van der Waals surface area contributed by atoms with Crippen LogP contribution in [0.15, 0.2) is 72.8 Å². The van der Waals surface area contributed by atoms with E-state index in [0.717, 1.165) is 28.5 Å². The number of benzene rings is 2. The van der Waals surface area contributed by atoms with Crippen molar-refractivity contribution in [1.82, 2.24) is 0 Å². The van der Waals surface area contributed by atoms with Crippen molar-refractivity contribution in [3.05, 3.63) is 95.1 Å². The van der Waals surface area contributed by atoms with Crippen LogP contribution in [0.4, 0.5) is 13.2 Å². The average Bonchev–Trinajstić information content (AvgIpc) is 3.39. The number of methoxy groups -OCH3 is 1. The third-order valence-corrected chi connectivity index (χ3v) is 5.22. The standard InChI is InChI=1S/C13H16O3.C9H10.C6H7F3.C2H6.CH3NO/c1-4-9(2)11-7-10(8-13(14)15)5-6-12(11)16-3;1-2-5-9-7-3-6-8(9)4-1;1-3-4-5(2)6(7,8)9;1-2;2-1-3/h4-7H,8H2,1-3H3,(H,14,15);1-2,4-5H,3,6-7H2;3-4H,2H2,1H3;1-2H3;1H,(H2,2,3)/b9-4+;;4-3+;;. The minimum atomic E-state index is -4.27. The summed E-state index contributed by atoms with van der Waals surface area (Å²) in [6, 6.07) is 14.2. The van der Waals surface area contributed by atoms with Crippen molar-refractivity contribution in [3.63, 3.8) is 0 Å². The van der Waals surface area contributed by atoms with Gasteiger partial charge in [-0.25, -0.2) is 0 Å². The van der Waals surface area contributed by atoms with Crippen LogP contribution in [0.3, 0.4) is 0 Å². The Balaban J connectivity index is 0. The molecule has 0 unspecified atom stereocenters. The minimum absolute atomic E-state index is 0.0357. The van der Waals surface area contributed by atoms with Gasteiger partial charge in [0, 0.05) is 11.1 Å². The predicted molar refractivity (Wildman–Crippen MR) is 154 cm³/mol. The lowest BCUT2D eigenvalue weighted by Crippen LogP contribution is -2.07. The Labute approximate surface area is 230 Å². The zero-order chi connectivity index (χ0) is 30.4. The first-order chi connectivity index (χ1) is 18.4. The van der Waals surface area contributed by atoms with E-state index in [2.05, 4.69) is 36.6 Å². The van der Waals surface area contributed by atoms with Crippen LogP contribution >= 0.6 is 0 Å². The summed E-state index contributed by atoms with van der Waals surface area (Å²) in [5.74, 6) is -0.0565. The number of nitrogens with two attached hydrogens (primary N) is 1. The van der Waals surface area contributed by atoms with Crippen molar-refractivity contribution in [1.29, 1.82) is 0 Å². The van der Waals surface area contributed by atoms with Crippen LogP contribution in [0, 0.1) is 0 Å². The van der Waals surface area contributed by atoms with Crippen LogP contribution < -0.4 is 10.5 Å². The number of carbonyl (C=O) groups is 2. The molecule has 0 aromatic heterocycles. The summed E-state index contributed by atoms with van der Waals surface area (Å²) >= 11 is 0. The van der Waals surface area contributed by atoms with Crippen molar-refractivity contribution in [2.75, 3.05) is 7.11 Å². The minimum Gasteiger partial charge on any atom is -0.496 e. The van der Waals surface area contributed by atoms with E-state index in [4.69, 9.17) is 14.6 Å². The molecule has 0 spiro atoms. The Morgan fingerprint density at radius 1 is 1.10 bits per heavy atom. The maximum atomic E-state index is 11.5. The monoisotopic (exact) mass is 549 g/mol. The van der Waals surface area contributed by atoms with E-state index in [9.17, 15) is 18.0 Å². The number of rotatable bonds is 5. The van der Waals surface area contributed by atoms with Gasteiger partial charge in [0.1, 0.15) is 5.75 Å². The summed E-state index contributed by atoms with van der Waals surface area (Å²) in [6.07, 6.45) is 4.18.